The van der Waals surface area contributed by atoms with Crippen molar-refractivity contribution in [3.63, 3.8) is 0 Å². The molecule has 0 saturated heterocycles. The Balaban J connectivity index is 1.06. The zero-order chi connectivity index (χ0) is 40.5. The lowest BCUT2D eigenvalue weighted by Gasteiger charge is -2.14. The van der Waals surface area contributed by atoms with E-state index in [9.17, 15) is 0 Å². The van der Waals surface area contributed by atoms with Crippen molar-refractivity contribution in [2.75, 3.05) is 0 Å². The standard InChI is InChI=1S/C58H39N3/c1-6-17-40(18-7-1)41-31-35-45(36-32-41)54-38-49(37-53(59-54)44-19-8-2-9-20-44)42-29-33-43(34-30-42)50-27-16-28-51-52(50)39-55(46-21-10-3-11-22-46)61-58(51)56(47-23-12-4-13-24-47)57(60-61)48-25-14-5-15-26-48/h1-39H. The van der Waals surface area contributed by atoms with Crippen LogP contribution in [0.15, 0.2) is 237 Å². The zero-order valence-electron chi connectivity index (χ0n) is 33.4. The average molecular weight is 778 g/mol. The maximum Gasteiger partial charge on any atom is 0.101 e. The molecule has 0 atom stereocenters. The molecule has 8 aromatic carbocycles. The van der Waals surface area contributed by atoms with Crippen LogP contribution in [0.4, 0.5) is 0 Å². The van der Waals surface area contributed by atoms with Gasteiger partial charge in [-0.3, -0.25) is 0 Å². The summed E-state index contributed by atoms with van der Waals surface area (Å²) in [5.41, 5.74) is 18.6. The van der Waals surface area contributed by atoms with Gasteiger partial charge in [0.05, 0.1) is 22.6 Å². The minimum Gasteiger partial charge on any atom is -0.248 e. The molecule has 3 heterocycles. The van der Waals surface area contributed by atoms with Crippen molar-refractivity contribution in [2.24, 2.45) is 0 Å². The molecule has 61 heavy (non-hydrogen) atoms. The topological polar surface area (TPSA) is 30.2 Å². The summed E-state index contributed by atoms with van der Waals surface area (Å²) in [7, 11) is 0. The van der Waals surface area contributed by atoms with Gasteiger partial charge < -0.3 is 0 Å². The van der Waals surface area contributed by atoms with Crippen molar-refractivity contribution in [3.05, 3.63) is 237 Å². The van der Waals surface area contributed by atoms with E-state index in [1.807, 2.05) is 6.07 Å². The van der Waals surface area contributed by atoms with Crippen LogP contribution in [-0.2, 0) is 0 Å². The van der Waals surface area contributed by atoms with Gasteiger partial charge in [-0.25, -0.2) is 9.50 Å². The van der Waals surface area contributed by atoms with E-state index in [1.165, 1.54) is 22.1 Å². The fourth-order valence-corrected chi connectivity index (χ4v) is 8.62. The summed E-state index contributed by atoms with van der Waals surface area (Å²) in [5.74, 6) is 0. The molecule has 0 N–H and O–H groups in total. The highest BCUT2D eigenvalue weighted by molar-refractivity contribution is 6.12. The van der Waals surface area contributed by atoms with Gasteiger partial charge in [-0.2, -0.15) is 5.10 Å². The van der Waals surface area contributed by atoms with Gasteiger partial charge in [0.15, 0.2) is 0 Å². The summed E-state index contributed by atoms with van der Waals surface area (Å²) in [6, 6.07) is 84.0. The number of hydrogen-bond donors (Lipinski definition) is 0. The number of nitrogens with zero attached hydrogens (tertiary/aromatic N) is 3. The Bertz CT molecular complexity index is 3290. The second-order valence-electron chi connectivity index (χ2n) is 15.4. The number of benzene rings is 8. The summed E-state index contributed by atoms with van der Waals surface area (Å²) in [6.45, 7) is 0. The highest BCUT2D eigenvalue weighted by Gasteiger charge is 2.22. The van der Waals surface area contributed by atoms with Gasteiger partial charge in [0.25, 0.3) is 0 Å². The number of fused-ring (bicyclic) bond motifs is 3. The Hall–Kier alpha value is -8.14. The molecule has 3 nitrogen and oxygen atoms in total. The molecule has 0 radical (unpaired) electrons. The first-order valence-electron chi connectivity index (χ1n) is 20.7. The van der Waals surface area contributed by atoms with Crippen LogP contribution < -0.4 is 0 Å². The van der Waals surface area contributed by atoms with Crippen LogP contribution in [0, 0.1) is 0 Å². The summed E-state index contributed by atoms with van der Waals surface area (Å²) in [6.07, 6.45) is 0. The lowest BCUT2D eigenvalue weighted by molar-refractivity contribution is 0.979. The molecule has 0 spiro atoms. The van der Waals surface area contributed by atoms with Crippen LogP contribution >= 0.6 is 0 Å². The molecule has 0 aliphatic rings. The minimum atomic E-state index is 0.941. The molecule has 0 unspecified atom stereocenters. The van der Waals surface area contributed by atoms with Crippen LogP contribution in [0.5, 0.6) is 0 Å². The Kier molecular flexibility index (Phi) is 9.18. The summed E-state index contributed by atoms with van der Waals surface area (Å²) < 4.78 is 2.16. The van der Waals surface area contributed by atoms with E-state index in [1.54, 1.807) is 0 Å². The lowest BCUT2D eigenvalue weighted by atomic mass is 9.92. The van der Waals surface area contributed by atoms with E-state index in [0.717, 1.165) is 83.7 Å². The van der Waals surface area contributed by atoms with Gasteiger partial charge in [0, 0.05) is 33.2 Å². The maximum atomic E-state index is 5.42. The SMILES string of the molecule is c1ccc(-c2ccc(-c3cc(-c4ccc(-c5cccc6c5cc(-c5ccccc5)n5nc(-c7ccccc7)c(-c7ccccc7)c65)cc4)cc(-c4ccccc4)n3)cc2)cc1. The first-order chi connectivity index (χ1) is 30.2. The van der Waals surface area contributed by atoms with Gasteiger partial charge in [0.1, 0.15) is 5.69 Å². The van der Waals surface area contributed by atoms with E-state index in [-0.39, 0.29) is 0 Å². The Labute approximate surface area is 355 Å². The molecular formula is C58H39N3. The molecule has 0 saturated carbocycles. The van der Waals surface area contributed by atoms with Crippen LogP contribution in [0.2, 0.25) is 0 Å². The fraction of sp³-hybridized carbons (Fsp3) is 0. The van der Waals surface area contributed by atoms with E-state index in [0.29, 0.717) is 0 Å². The van der Waals surface area contributed by atoms with Gasteiger partial charge in [0.2, 0.25) is 0 Å². The predicted octanol–water partition coefficient (Wildman–Crippen LogP) is 15.2. The molecule has 286 valence electrons. The Morgan fingerprint density at radius 2 is 0.738 bits per heavy atom. The molecule has 0 amide bonds. The molecule has 3 heteroatoms. The van der Waals surface area contributed by atoms with Crippen molar-refractivity contribution in [1.82, 2.24) is 14.6 Å². The number of pyridine rings is 2. The summed E-state index contributed by atoms with van der Waals surface area (Å²) in [4.78, 5) is 5.20. The van der Waals surface area contributed by atoms with Crippen molar-refractivity contribution < 1.29 is 0 Å². The molecule has 11 aromatic rings. The van der Waals surface area contributed by atoms with Crippen LogP contribution in [0.1, 0.15) is 0 Å². The number of rotatable bonds is 8. The van der Waals surface area contributed by atoms with Gasteiger partial charge in [-0.1, -0.05) is 218 Å². The Morgan fingerprint density at radius 3 is 1.33 bits per heavy atom. The second kappa shape index (κ2) is 15.6. The maximum absolute atomic E-state index is 5.42. The van der Waals surface area contributed by atoms with Gasteiger partial charge in [-0.15, -0.1) is 0 Å². The normalized spacial score (nSPS) is 11.3. The second-order valence-corrected chi connectivity index (χ2v) is 15.4. The van der Waals surface area contributed by atoms with Crippen molar-refractivity contribution in [2.45, 2.75) is 0 Å². The fourth-order valence-electron chi connectivity index (χ4n) is 8.62. The van der Waals surface area contributed by atoms with Crippen molar-refractivity contribution in [3.8, 4) is 89.5 Å². The molecule has 0 aliphatic carbocycles. The summed E-state index contributed by atoms with van der Waals surface area (Å²) in [5, 5.41) is 7.75. The van der Waals surface area contributed by atoms with Crippen LogP contribution in [0.3, 0.4) is 0 Å². The quantitative estimate of drug-likeness (QED) is 0.154. The van der Waals surface area contributed by atoms with Crippen LogP contribution in [-0.4, -0.2) is 14.6 Å². The van der Waals surface area contributed by atoms with E-state index >= 15 is 0 Å². The molecular weight excluding hydrogens is 739 g/mol. The van der Waals surface area contributed by atoms with Crippen LogP contribution in [0.25, 0.3) is 106 Å². The largest absolute Gasteiger partial charge is 0.248 e. The third kappa shape index (κ3) is 6.78. The summed E-state index contributed by atoms with van der Waals surface area (Å²) >= 11 is 0. The van der Waals surface area contributed by atoms with Crippen molar-refractivity contribution in [1.29, 1.82) is 0 Å². The van der Waals surface area contributed by atoms with E-state index < -0.39 is 0 Å². The van der Waals surface area contributed by atoms with E-state index in [2.05, 4.69) is 235 Å². The third-order valence-electron chi connectivity index (χ3n) is 11.6. The molecule has 0 fully saturated rings. The first kappa shape index (κ1) is 36.0. The van der Waals surface area contributed by atoms with E-state index in [4.69, 9.17) is 10.1 Å². The minimum absolute atomic E-state index is 0.941. The molecule has 3 aromatic heterocycles. The monoisotopic (exact) mass is 777 g/mol. The smallest absolute Gasteiger partial charge is 0.101 e. The van der Waals surface area contributed by atoms with Gasteiger partial charge in [-0.05, 0) is 62.5 Å². The molecule has 0 bridgehead atoms. The van der Waals surface area contributed by atoms with Gasteiger partial charge >= 0.3 is 0 Å². The zero-order valence-corrected chi connectivity index (χ0v) is 33.4. The average Bonchev–Trinajstić information content (AvgIpc) is 3.76. The lowest BCUT2D eigenvalue weighted by Crippen LogP contribution is -1.96. The molecule has 11 rings (SSSR count). The number of hydrogen-bond acceptors (Lipinski definition) is 2. The Morgan fingerprint density at radius 1 is 0.295 bits per heavy atom. The third-order valence-corrected chi connectivity index (χ3v) is 11.6. The first-order valence-corrected chi connectivity index (χ1v) is 20.7. The highest BCUT2D eigenvalue weighted by Crippen LogP contribution is 2.43. The number of aromatic nitrogens is 3. The molecule has 0 aliphatic heterocycles. The van der Waals surface area contributed by atoms with Crippen molar-refractivity contribution >= 4 is 16.3 Å². The predicted molar refractivity (Wildman–Crippen MR) is 254 cm³/mol. The highest BCUT2D eigenvalue weighted by atomic mass is 15.2.